The number of nitrogens with one attached hydrogen (secondary N) is 1. The second kappa shape index (κ2) is 5.95. The molecule has 1 saturated carbocycles. The van der Waals surface area contributed by atoms with Crippen molar-refractivity contribution in [3.63, 3.8) is 0 Å². The molecular formula is C15H17ClN4O. The molecule has 0 saturated heterocycles. The molecule has 0 radical (unpaired) electrons. The summed E-state index contributed by atoms with van der Waals surface area (Å²) in [6.45, 7) is 0. The zero-order valence-corrected chi connectivity index (χ0v) is 12.3. The molecular weight excluding hydrogens is 288 g/mol. The van der Waals surface area contributed by atoms with E-state index in [1.165, 1.54) is 0 Å². The van der Waals surface area contributed by atoms with E-state index in [1.54, 1.807) is 18.5 Å². The molecule has 0 aromatic carbocycles. The van der Waals surface area contributed by atoms with E-state index in [0.29, 0.717) is 11.0 Å². The van der Waals surface area contributed by atoms with E-state index in [2.05, 4.69) is 15.3 Å². The van der Waals surface area contributed by atoms with Crippen molar-refractivity contribution in [2.75, 3.05) is 5.32 Å². The zero-order valence-electron chi connectivity index (χ0n) is 11.6. The average molecular weight is 305 g/mol. The number of amides is 1. The lowest BCUT2D eigenvalue weighted by atomic mass is 9.86. The van der Waals surface area contributed by atoms with Crippen LogP contribution in [-0.2, 0) is 4.79 Å². The summed E-state index contributed by atoms with van der Waals surface area (Å²) >= 11 is 5.88. The monoisotopic (exact) mass is 304 g/mol. The Balaban J connectivity index is 1.73. The van der Waals surface area contributed by atoms with Gasteiger partial charge in [-0.2, -0.15) is 0 Å². The summed E-state index contributed by atoms with van der Waals surface area (Å²) in [5.41, 5.74) is 5.86. The van der Waals surface area contributed by atoms with Gasteiger partial charge in [0, 0.05) is 29.7 Å². The molecule has 6 heteroatoms. The number of hydrogen-bond donors (Lipinski definition) is 2. The van der Waals surface area contributed by atoms with Gasteiger partial charge in [-0.15, -0.1) is 0 Å². The van der Waals surface area contributed by atoms with Gasteiger partial charge in [0.05, 0.1) is 0 Å². The number of hydrogen-bond acceptors (Lipinski definition) is 4. The van der Waals surface area contributed by atoms with Crippen molar-refractivity contribution in [2.45, 2.75) is 31.7 Å². The molecule has 0 aliphatic heterocycles. The molecule has 21 heavy (non-hydrogen) atoms. The quantitative estimate of drug-likeness (QED) is 0.836. The third-order valence-corrected chi connectivity index (χ3v) is 4.17. The first kappa shape index (κ1) is 14.2. The molecule has 0 unspecified atom stereocenters. The molecule has 1 aliphatic rings. The van der Waals surface area contributed by atoms with Gasteiger partial charge in [0.1, 0.15) is 11.0 Å². The van der Waals surface area contributed by atoms with Crippen LogP contribution in [0.1, 0.15) is 25.7 Å². The topological polar surface area (TPSA) is 80.9 Å². The molecule has 3 N–H and O–H groups in total. The van der Waals surface area contributed by atoms with Crippen LogP contribution in [0.2, 0.25) is 5.15 Å². The minimum absolute atomic E-state index is 0.0221. The molecule has 1 aliphatic carbocycles. The number of aromatic nitrogens is 2. The molecule has 1 amide bonds. The number of halogens is 1. The summed E-state index contributed by atoms with van der Waals surface area (Å²) in [7, 11) is 0. The summed E-state index contributed by atoms with van der Waals surface area (Å²) in [5, 5.41) is 5.11. The van der Waals surface area contributed by atoms with Gasteiger partial charge >= 0.3 is 0 Å². The predicted molar refractivity (Wildman–Crippen MR) is 83.1 cm³/mol. The van der Waals surface area contributed by atoms with Gasteiger partial charge < -0.3 is 11.1 Å². The lowest BCUT2D eigenvalue weighted by molar-refractivity contribution is -0.120. The predicted octanol–water partition coefficient (Wildman–Crippen LogP) is 2.74. The van der Waals surface area contributed by atoms with E-state index < -0.39 is 0 Å². The summed E-state index contributed by atoms with van der Waals surface area (Å²) in [6.07, 6.45) is 6.85. The van der Waals surface area contributed by atoms with Gasteiger partial charge in [0.15, 0.2) is 0 Å². The van der Waals surface area contributed by atoms with Crippen LogP contribution < -0.4 is 11.1 Å². The number of fused-ring (bicyclic) bond motifs is 1. The Morgan fingerprint density at radius 2 is 1.86 bits per heavy atom. The molecule has 2 aromatic heterocycles. The first-order valence-electron chi connectivity index (χ1n) is 7.09. The molecule has 3 rings (SSSR count). The number of pyridine rings is 2. The summed E-state index contributed by atoms with van der Waals surface area (Å²) in [6, 6.07) is 3.81. The van der Waals surface area contributed by atoms with E-state index >= 15 is 0 Å². The van der Waals surface area contributed by atoms with E-state index in [0.717, 1.165) is 36.5 Å². The standard InChI is InChI=1S/C15H17ClN4O/c16-13-5-10-6-14(19-8-11(10)7-18-13)20-15(21)9-1-3-12(17)4-2-9/h5-9,12H,1-4,17H2,(H,19,20,21). The highest BCUT2D eigenvalue weighted by atomic mass is 35.5. The van der Waals surface area contributed by atoms with Crippen LogP contribution in [0.3, 0.4) is 0 Å². The van der Waals surface area contributed by atoms with Gasteiger partial charge in [-0.3, -0.25) is 4.79 Å². The normalized spacial score (nSPS) is 22.2. The van der Waals surface area contributed by atoms with E-state index in [1.807, 2.05) is 6.07 Å². The zero-order chi connectivity index (χ0) is 14.8. The minimum atomic E-state index is 0.0221. The van der Waals surface area contributed by atoms with Gasteiger partial charge in [-0.25, -0.2) is 9.97 Å². The van der Waals surface area contributed by atoms with Gasteiger partial charge in [-0.05, 0) is 43.2 Å². The molecule has 0 bridgehead atoms. The fraction of sp³-hybridized carbons (Fsp3) is 0.400. The maximum absolute atomic E-state index is 12.2. The van der Waals surface area contributed by atoms with Crippen molar-refractivity contribution in [1.29, 1.82) is 0 Å². The Kier molecular flexibility index (Phi) is 4.03. The number of carbonyl (C=O) groups excluding carboxylic acids is 1. The Bertz CT molecular complexity index is 668. The lowest BCUT2D eigenvalue weighted by Gasteiger charge is -2.24. The fourth-order valence-electron chi connectivity index (χ4n) is 2.69. The van der Waals surface area contributed by atoms with Crippen molar-refractivity contribution in [3.05, 3.63) is 29.7 Å². The third-order valence-electron chi connectivity index (χ3n) is 3.96. The van der Waals surface area contributed by atoms with Crippen LogP contribution >= 0.6 is 11.6 Å². The highest BCUT2D eigenvalue weighted by molar-refractivity contribution is 6.30. The number of rotatable bonds is 2. The molecule has 0 atom stereocenters. The Hall–Kier alpha value is -1.72. The van der Waals surface area contributed by atoms with Crippen molar-refractivity contribution < 1.29 is 4.79 Å². The number of nitrogens with zero attached hydrogens (tertiary/aromatic N) is 2. The smallest absolute Gasteiger partial charge is 0.228 e. The fourth-order valence-corrected chi connectivity index (χ4v) is 2.86. The van der Waals surface area contributed by atoms with Crippen molar-refractivity contribution >= 4 is 34.1 Å². The molecule has 110 valence electrons. The Morgan fingerprint density at radius 1 is 1.14 bits per heavy atom. The van der Waals surface area contributed by atoms with Gasteiger partial charge in [0.25, 0.3) is 0 Å². The van der Waals surface area contributed by atoms with Crippen molar-refractivity contribution in [2.24, 2.45) is 11.7 Å². The number of anilines is 1. The third kappa shape index (κ3) is 3.31. The Labute approximate surface area is 127 Å². The highest BCUT2D eigenvalue weighted by Gasteiger charge is 2.24. The molecule has 1 fully saturated rings. The molecule has 0 spiro atoms. The maximum Gasteiger partial charge on any atom is 0.228 e. The van der Waals surface area contributed by atoms with E-state index in [-0.39, 0.29) is 17.9 Å². The molecule has 5 nitrogen and oxygen atoms in total. The number of nitrogens with two attached hydrogens (primary N) is 1. The van der Waals surface area contributed by atoms with E-state index in [4.69, 9.17) is 17.3 Å². The van der Waals surface area contributed by atoms with Crippen LogP contribution in [0.5, 0.6) is 0 Å². The second-order valence-corrected chi connectivity index (χ2v) is 5.91. The van der Waals surface area contributed by atoms with Crippen LogP contribution in [0.4, 0.5) is 5.82 Å². The number of carbonyl (C=O) groups is 1. The van der Waals surface area contributed by atoms with Crippen LogP contribution in [0.15, 0.2) is 24.5 Å². The largest absolute Gasteiger partial charge is 0.328 e. The lowest BCUT2D eigenvalue weighted by Crippen LogP contribution is -2.32. The summed E-state index contributed by atoms with van der Waals surface area (Å²) in [4.78, 5) is 20.5. The van der Waals surface area contributed by atoms with Crippen LogP contribution in [0.25, 0.3) is 10.8 Å². The van der Waals surface area contributed by atoms with E-state index in [9.17, 15) is 4.79 Å². The first-order valence-corrected chi connectivity index (χ1v) is 7.47. The van der Waals surface area contributed by atoms with Crippen LogP contribution in [0, 0.1) is 5.92 Å². The maximum atomic E-state index is 12.2. The van der Waals surface area contributed by atoms with Gasteiger partial charge in [-0.1, -0.05) is 11.6 Å². The summed E-state index contributed by atoms with van der Waals surface area (Å²) < 4.78 is 0. The average Bonchev–Trinajstić information content (AvgIpc) is 2.47. The van der Waals surface area contributed by atoms with Crippen LogP contribution in [-0.4, -0.2) is 21.9 Å². The van der Waals surface area contributed by atoms with Crippen molar-refractivity contribution in [1.82, 2.24) is 9.97 Å². The SMILES string of the molecule is NC1CCC(C(=O)Nc2cc3cc(Cl)ncc3cn2)CC1. The van der Waals surface area contributed by atoms with Crippen molar-refractivity contribution in [3.8, 4) is 0 Å². The second-order valence-electron chi connectivity index (χ2n) is 5.52. The first-order chi connectivity index (χ1) is 10.1. The minimum Gasteiger partial charge on any atom is -0.328 e. The Morgan fingerprint density at radius 3 is 2.62 bits per heavy atom. The molecule has 2 heterocycles. The molecule has 2 aromatic rings. The highest BCUT2D eigenvalue weighted by Crippen LogP contribution is 2.25. The van der Waals surface area contributed by atoms with Gasteiger partial charge in [0.2, 0.25) is 5.91 Å². The summed E-state index contributed by atoms with van der Waals surface area (Å²) in [5.74, 6) is 0.599.